The van der Waals surface area contributed by atoms with E-state index in [4.69, 9.17) is 4.99 Å². The van der Waals surface area contributed by atoms with Crippen molar-refractivity contribution in [2.75, 3.05) is 37.6 Å². The summed E-state index contributed by atoms with van der Waals surface area (Å²) in [6.07, 6.45) is 5.51. The van der Waals surface area contributed by atoms with Gasteiger partial charge in [0.05, 0.1) is 5.01 Å². The number of guanidine groups is 1. The Balaban J connectivity index is 1.46. The summed E-state index contributed by atoms with van der Waals surface area (Å²) >= 11 is 1.75. The maximum Gasteiger partial charge on any atom is 0.222 e. The molecule has 160 valence electrons. The van der Waals surface area contributed by atoms with Gasteiger partial charge in [0, 0.05) is 68.2 Å². The summed E-state index contributed by atoms with van der Waals surface area (Å²) in [5.41, 5.74) is 2.60. The van der Waals surface area contributed by atoms with E-state index in [-0.39, 0.29) is 0 Å². The number of nitrogens with one attached hydrogen (secondary N) is 1. The molecule has 1 unspecified atom stereocenters. The third-order valence-electron chi connectivity index (χ3n) is 5.84. The third-order valence-corrected chi connectivity index (χ3v) is 6.81. The van der Waals surface area contributed by atoms with Gasteiger partial charge in [-0.05, 0) is 38.3 Å². The van der Waals surface area contributed by atoms with E-state index in [0.717, 1.165) is 63.0 Å². The molecule has 0 bridgehead atoms. The van der Waals surface area contributed by atoms with Crippen LogP contribution in [0.15, 0.2) is 35.5 Å². The van der Waals surface area contributed by atoms with E-state index in [9.17, 15) is 4.79 Å². The Morgan fingerprint density at radius 3 is 2.97 bits per heavy atom. The second kappa shape index (κ2) is 9.60. The standard InChI is InChI=1S/C23H31N5OS/c1-3-24-23(25-12-10-21-26-15-17(2)30-21)28-16-18(19-7-4-5-8-20(19)28)11-14-27-13-6-9-22(27)29/h4-5,7-8,15,18H,3,6,9-14,16H2,1-2H3,(H,24,25). The summed E-state index contributed by atoms with van der Waals surface area (Å²) in [6, 6.07) is 8.63. The number of carbonyl (C=O) groups is 1. The number of rotatable bonds is 7. The van der Waals surface area contributed by atoms with Gasteiger partial charge in [-0.15, -0.1) is 11.3 Å². The summed E-state index contributed by atoms with van der Waals surface area (Å²) < 4.78 is 0. The number of aliphatic imine (C=N–C) groups is 1. The second-order valence-corrected chi connectivity index (χ2v) is 9.31. The van der Waals surface area contributed by atoms with E-state index in [1.165, 1.54) is 16.1 Å². The maximum absolute atomic E-state index is 12.0. The molecular weight excluding hydrogens is 394 g/mol. The minimum Gasteiger partial charge on any atom is -0.356 e. The molecule has 2 aromatic rings. The van der Waals surface area contributed by atoms with Gasteiger partial charge in [0.2, 0.25) is 5.91 Å². The molecule has 0 aliphatic carbocycles. The first-order chi connectivity index (χ1) is 14.7. The van der Waals surface area contributed by atoms with E-state index < -0.39 is 0 Å². The maximum atomic E-state index is 12.0. The molecule has 30 heavy (non-hydrogen) atoms. The number of anilines is 1. The first kappa shape index (κ1) is 20.8. The second-order valence-electron chi connectivity index (χ2n) is 7.99. The van der Waals surface area contributed by atoms with Crippen molar-refractivity contribution in [1.82, 2.24) is 15.2 Å². The van der Waals surface area contributed by atoms with E-state index >= 15 is 0 Å². The van der Waals surface area contributed by atoms with Gasteiger partial charge in [0.25, 0.3) is 0 Å². The molecule has 1 aromatic carbocycles. The molecule has 0 spiro atoms. The van der Waals surface area contributed by atoms with Crippen LogP contribution in [0.5, 0.6) is 0 Å². The normalized spacial score (nSPS) is 18.9. The number of likely N-dealkylation sites (tertiary alicyclic amines) is 1. The van der Waals surface area contributed by atoms with Crippen LogP contribution in [0.3, 0.4) is 0 Å². The van der Waals surface area contributed by atoms with Crippen molar-refractivity contribution in [2.45, 2.75) is 45.4 Å². The Morgan fingerprint density at radius 1 is 1.37 bits per heavy atom. The van der Waals surface area contributed by atoms with Crippen LogP contribution in [-0.4, -0.2) is 54.5 Å². The fourth-order valence-corrected chi connectivity index (χ4v) is 5.14. The van der Waals surface area contributed by atoms with Gasteiger partial charge in [-0.3, -0.25) is 9.79 Å². The monoisotopic (exact) mass is 425 g/mol. The summed E-state index contributed by atoms with van der Waals surface area (Å²) in [6.45, 7) is 8.43. The minimum absolute atomic E-state index is 0.311. The lowest BCUT2D eigenvalue weighted by molar-refractivity contribution is -0.127. The van der Waals surface area contributed by atoms with E-state index in [1.54, 1.807) is 11.3 Å². The zero-order valence-electron chi connectivity index (χ0n) is 17.9. The van der Waals surface area contributed by atoms with Crippen LogP contribution in [0.4, 0.5) is 5.69 Å². The van der Waals surface area contributed by atoms with Crippen molar-refractivity contribution in [3.63, 3.8) is 0 Å². The van der Waals surface area contributed by atoms with Crippen molar-refractivity contribution in [3.05, 3.63) is 45.9 Å². The van der Waals surface area contributed by atoms with E-state index in [1.807, 2.05) is 11.1 Å². The molecule has 4 rings (SSSR count). The summed E-state index contributed by atoms with van der Waals surface area (Å²) in [5, 5.41) is 4.62. The molecule has 2 aliphatic heterocycles. The average molecular weight is 426 g/mol. The Hall–Kier alpha value is -2.41. The zero-order chi connectivity index (χ0) is 20.9. The van der Waals surface area contributed by atoms with Gasteiger partial charge < -0.3 is 15.1 Å². The molecule has 7 heteroatoms. The third kappa shape index (κ3) is 4.67. The summed E-state index contributed by atoms with van der Waals surface area (Å²) in [7, 11) is 0. The minimum atomic E-state index is 0.311. The van der Waals surface area contributed by atoms with Crippen LogP contribution in [0.1, 0.15) is 47.6 Å². The van der Waals surface area contributed by atoms with Crippen LogP contribution in [0.25, 0.3) is 0 Å². The fourth-order valence-electron chi connectivity index (χ4n) is 4.36. The number of amides is 1. The molecule has 2 aliphatic rings. The highest BCUT2D eigenvalue weighted by Crippen LogP contribution is 2.38. The quantitative estimate of drug-likeness (QED) is 0.544. The SMILES string of the molecule is CCNC(=NCCc1ncc(C)s1)N1CC(CCN2CCCC2=O)c2ccccc21. The van der Waals surface area contributed by atoms with Crippen LogP contribution in [-0.2, 0) is 11.2 Å². The predicted octanol–water partition coefficient (Wildman–Crippen LogP) is 3.58. The fraction of sp³-hybridized carbons (Fsp3) is 0.522. The Morgan fingerprint density at radius 2 is 2.23 bits per heavy atom. The average Bonchev–Trinajstić information content (AvgIpc) is 3.45. The highest BCUT2D eigenvalue weighted by atomic mass is 32.1. The highest BCUT2D eigenvalue weighted by Gasteiger charge is 2.32. The molecule has 1 saturated heterocycles. The summed E-state index contributed by atoms with van der Waals surface area (Å²) in [5.74, 6) is 1.67. The van der Waals surface area contributed by atoms with Crippen LogP contribution >= 0.6 is 11.3 Å². The number of carbonyl (C=O) groups excluding carboxylic acids is 1. The van der Waals surface area contributed by atoms with Crippen LogP contribution in [0.2, 0.25) is 0 Å². The number of hydrogen-bond acceptors (Lipinski definition) is 4. The first-order valence-electron chi connectivity index (χ1n) is 11.0. The zero-order valence-corrected chi connectivity index (χ0v) is 18.7. The molecule has 1 N–H and O–H groups in total. The number of benzene rings is 1. The molecule has 0 saturated carbocycles. The largest absolute Gasteiger partial charge is 0.356 e. The Kier molecular flexibility index (Phi) is 6.67. The predicted molar refractivity (Wildman–Crippen MR) is 123 cm³/mol. The van der Waals surface area contributed by atoms with Crippen molar-refractivity contribution >= 4 is 28.9 Å². The molecule has 1 aromatic heterocycles. The number of fused-ring (bicyclic) bond motifs is 1. The van der Waals surface area contributed by atoms with Crippen LogP contribution in [0, 0.1) is 6.92 Å². The van der Waals surface area contributed by atoms with Crippen molar-refractivity contribution in [1.29, 1.82) is 0 Å². The van der Waals surface area contributed by atoms with Gasteiger partial charge in [-0.1, -0.05) is 18.2 Å². The van der Waals surface area contributed by atoms with Gasteiger partial charge >= 0.3 is 0 Å². The van der Waals surface area contributed by atoms with E-state index in [0.29, 0.717) is 18.2 Å². The van der Waals surface area contributed by atoms with Gasteiger partial charge in [-0.25, -0.2) is 4.98 Å². The molecule has 1 amide bonds. The highest BCUT2D eigenvalue weighted by molar-refractivity contribution is 7.11. The number of nitrogens with zero attached hydrogens (tertiary/aromatic N) is 4. The van der Waals surface area contributed by atoms with Gasteiger partial charge in [0.1, 0.15) is 0 Å². The molecular formula is C23H31N5OS. The number of aryl methyl sites for hydroxylation is 1. The lowest BCUT2D eigenvalue weighted by atomic mass is 9.98. The Bertz CT molecular complexity index is 909. The molecule has 1 fully saturated rings. The molecule has 0 radical (unpaired) electrons. The summed E-state index contributed by atoms with van der Waals surface area (Å²) in [4.78, 5) is 27.0. The number of para-hydroxylation sites is 1. The lowest BCUT2D eigenvalue weighted by Gasteiger charge is -2.23. The first-order valence-corrected chi connectivity index (χ1v) is 11.8. The van der Waals surface area contributed by atoms with E-state index in [2.05, 4.69) is 53.3 Å². The molecule has 3 heterocycles. The topological polar surface area (TPSA) is 60.8 Å². The van der Waals surface area contributed by atoms with Gasteiger partial charge in [-0.2, -0.15) is 0 Å². The van der Waals surface area contributed by atoms with Gasteiger partial charge in [0.15, 0.2) is 5.96 Å². The Labute approximate surface area is 183 Å². The number of aromatic nitrogens is 1. The van der Waals surface area contributed by atoms with Crippen molar-refractivity contribution in [3.8, 4) is 0 Å². The van der Waals surface area contributed by atoms with Crippen LogP contribution < -0.4 is 10.2 Å². The number of hydrogen-bond donors (Lipinski definition) is 1. The van der Waals surface area contributed by atoms with Crippen molar-refractivity contribution in [2.24, 2.45) is 4.99 Å². The van der Waals surface area contributed by atoms with Crippen molar-refractivity contribution < 1.29 is 4.79 Å². The number of thiazole rings is 1. The smallest absolute Gasteiger partial charge is 0.222 e. The molecule has 1 atom stereocenters. The lowest BCUT2D eigenvalue weighted by Crippen LogP contribution is -2.41. The molecule has 6 nitrogen and oxygen atoms in total.